The van der Waals surface area contributed by atoms with Gasteiger partial charge in [-0.05, 0) is 18.3 Å². The van der Waals surface area contributed by atoms with Crippen molar-refractivity contribution < 1.29 is 14.7 Å². The Morgan fingerprint density at radius 3 is 2.89 bits per heavy atom. The Hall–Kier alpha value is -1.85. The maximum absolute atomic E-state index is 11.9. The number of imidazole rings is 1. The monoisotopic (exact) mass is 265 g/mol. The van der Waals surface area contributed by atoms with E-state index in [-0.39, 0.29) is 11.4 Å². The molecule has 19 heavy (non-hydrogen) atoms. The van der Waals surface area contributed by atoms with E-state index in [0.29, 0.717) is 18.4 Å². The lowest BCUT2D eigenvalue weighted by Crippen LogP contribution is -2.34. The second kappa shape index (κ2) is 5.86. The summed E-state index contributed by atoms with van der Waals surface area (Å²) in [5, 5.41) is 11.7. The van der Waals surface area contributed by atoms with Gasteiger partial charge in [0.15, 0.2) is 11.4 Å². The third-order valence-electron chi connectivity index (χ3n) is 3.88. The molecule has 1 heterocycles. The number of aromatic nitrogens is 2. The van der Waals surface area contributed by atoms with E-state index in [9.17, 15) is 9.59 Å². The second-order valence-electron chi connectivity index (χ2n) is 5.16. The average molecular weight is 265 g/mol. The van der Waals surface area contributed by atoms with Gasteiger partial charge in [-0.25, -0.2) is 9.78 Å². The summed E-state index contributed by atoms with van der Waals surface area (Å²) < 4.78 is 0. The highest BCUT2D eigenvalue weighted by molar-refractivity contribution is 6.02. The van der Waals surface area contributed by atoms with E-state index in [0.717, 1.165) is 6.42 Å². The van der Waals surface area contributed by atoms with Crippen LogP contribution in [0.4, 0.5) is 0 Å². The van der Waals surface area contributed by atoms with Gasteiger partial charge in [-0.3, -0.25) is 4.79 Å². The first kappa shape index (κ1) is 13.6. The van der Waals surface area contributed by atoms with Crippen molar-refractivity contribution in [2.75, 3.05) is 6.54 Å². The Kier molecular flexibility index (Phi) is 4.19. The third-order valence-corrected chi connectivity index (χ3v) is 3.88. The molecule has 104 valence electrons. The number of nitrogens with zero attached hydrogens (tertiary/aromatic N) is 1. The fraction of sp³-hybridized carbons (Fsp3) is 0.615. The molecule has 0 bridgehead atoms. The lowest BCUT2D eigenvalue weighted by atomic mass is 9.80. The Morgan fingerprint density at radius 2 is 2.21 bits per heavy atom. The predicted octanol–water partition coefficient (Wildman–Crippen LogP) is 1.66. The fourth-order valence-electron chi connectivity index (χ4n) is 2.63. The number of rotatable bonds is 4. The molecule has 1 amide bonds. The molecule has 0 spiro atoms. The molecular formula is C13H19N3O3. The number of hydrogen-bond donors (Lipinski definition) is 3. The summed E-state index contributed by atoms with van der Waals surface area (Å²) >= 11 is 0. The number of carbonyl (C=O) groups is 2. The first-order valence-corrected chi connectivity index (χ1v) is 6.64. The van der Waals surface area contributed by atoms with Crippen LogP contribution in [0.5, 0.6) is 0 Å². The number of H-pyrrole nitrogens is 1. The maximum Gasteiger partial charge on any atom is 0.354 e. The van der Waals surface area contributed by atoms with Crippen LogP contribution < -0.4 is 5.32 Å². The standard InChI is InChI=1S/C13H19N3O3/c1-8-4-2-3-5-9(8)6-14-12(17)10-11(13(18)19)16-7-15-10/h7-9H,2-6H2,1H3,(H,14,17)(H,15,16)(H,18,19). The van der Waals surface area contributed by atoms with Gasteiger partial charge < -0.3 is 15.4 Å². The number of carbonyl (C=O) groups excluding carboxylic acids is 1. The van der Waals surface area contributed by atoms with Crippen LogP contribution in [0.2, 0.25) is 0 Å². The smallest absolute Gasteiger partial charge is 0.354 e. The quantitative estimate of drug-likeness (QED) is 0.771. The SMILES string of the molecule is CC1CCCCC1CNC(=O)c1nc[nH]c1C(=O)O. The van der Waals surface area contributed by atoms with Crippen LogP contribution in [0, 0.1) is 11.8 Å². The number of aromatic carboxylic acids is 1. The van der Waals surface area contributed by atoms with Crippen LogP contribution in [0.3, 0.4) is 0 Å². The van der Waals surface area contributed by atoms with E-state index in [2.05, 4.69) is 22.2 Å². The summed E-state index contributed by atoms with van der Waals surface area (Å²) in [6, 6.07) is 0. The maximum atomic E-state index is 11.9. The summed E-state index contributed by atoms with van der Waals surface area (Å²) in [5.41, 5.74) is -0.204. The lowest BCUT2D eigenvalue weighted by Gasteiger charge is -2.28. The Labute approximate surface area is 111 Å². The van der Waals surface area contributed by atoms with E-state index in [4.69, 9.17) is 5.11 Å². The van der Waals surface area contributed by atoms with Crippen molar-refractivity contribution in [2.45, 2.75) is 32.6 Å². The van der Waals surface area contributed by atoms with E-state index in [1.54, 1.807) is 0 Å². The van der Waals surface area contributed by atoms with Crippen molar-refractivity contribution >= 4 is 11.9 Å². The number of aromatic amines is 1. The van der Waals surface area contributed by atoms with Gasteiger partial charge >= 0.3 is 5.97 Å². The number of hydrogen-bond acceptors (Lipinski definition) is 3. The van der Waals surface area contributed by atoms with E-state index in [1.807, 2.05) is 0 Å². The molecule has 1 aromatic heterocycles. The van der Waals surface area contributed by atoms with Gasteiger partial charge in [0, 0.05) is 6.54 Å². The number of nitrogens with one attached hydrogen (secondary N) is 2. The minimum absolute atomic E-state index is 0.0454. The number of carboxylic acids is 1. The van der Waals surface area contributed by atoms with Gasteiger partial charge in [0.1, 0.15) is 0 Å². The van der Waals surface area contributed by atoms with E-state index in [1.165, 1.54) is 25.6 Å². The summed E-state index contributed by atoms with van der Waals surface area (Å²) in [6.45, 7) is 2.79. The second-order valence-corrected chi connectivity index (χ2v) is 5.16. The van der Waals surface area contributed by atoms with Crippen molar-refractivity contribution in [3.05, 3.63) is 17.7 Å². The van der Waals surface area contributed by atoms with Crippen molar-refractivity contribution in [3.63, 3.8) is 0 Å². The van der Waals surface area contributed by atoms with Crippen LogP contribution in [-0.4, -0.2) is 33.5 Å². The van der Waals surface area contributed by atoms with Crippen LogP contribution in [-0.2, 0) is 0 Å². The van der Waals surface area contributed by atoms with Crippen molar-refractivity contribution in [3.8, 4) is 0 Å². The molecule has 6 nitrogen and oxygen atoms in total. The van der Waals surface area contributed by atoms with Crippen LogP contribution in [0.15, 0.2) is 6.33 Å². The highest BCUT2D eigenvalue weighted by Crippen LogP contribution is 2.28. The molecular weight excluding hydrogens is 246 g/mol. The summed E-state index contributed by atoms with van der Waals surface area (Å²) in [5.74, 6) is -0.512. The van der Waals surface area contributed by atoms with Gasteiger partial charge in [0.25, 0.3) is 5.91 Å². The van der Waals surface area contributed by atoms with Crippen LogP contribution in [0.25, 0.3) is 0 Å². The molecule has 1 aromatic rings. The van der Waals surface area contributed by atoms with Crippen molar-refractivity contribution in [2.24, 2.45) is 11.8 Å². The van der Waals surface area contributed by atoms with Crippen molar-refractivity contribution in [1.29, 1.82) is 0 Å². The van der Waals surface area contributed by atoms with Crippen molar-refractivity contribution in [1.82, 2.24) is 15.3 Å². The van der Waals surface area contributed by atoms with Crippen LogP contribution in [0.1, 0.15) is 53.6 Å². The van der Waals surface area contributed by atoms with Gasteiger partial charge in [0.05, 0.1) is 6.33 Å². The molecule has 2 rings (SSSR count). The first-order chi connectivity index (χ1) is 9.09. The Balaban J connectivity index is 1.94. The molecule has 1 fully saturated rings. The average Bonchev–Trinajstić information content (AvgIpc) is 2.87. The molecule has 1 aliphatic rings. The molecule has 1 aliphatic carbocycles. The zero-order valence-corrected chi connectivity index (χ0v) is 11.0. The van der Waals surface area contributed by atoms with Gasteiger partial charge in [-0.2, -0.15) is 0 Å². The highest BCUT2D eigenvalue weighted by Gasteiger charge is 2.24. The Bertz CT molecular complexity index is 469. The zero-order valence-electron chi connectivity index (χ0n) is 11.0. The molecule has 0 saturated heterocycles. The molecule has 1 saturated carbocycles. The minimum Gasteiger partial charge on any atom is -0.477 e. The highest BCUT2D eigenvalue weighted by atomic mass is 16.4. The molecule has 0 aromatic carbocycles. The van der Waals surface area contributed by atoms with E-state index < -0.39 is 11.9 Å². The molecule has 2 unspecified atom stereocenters. The predicted molar refractivity (Wildman–Crippen MR) is 69.0 cm³/mol. The summed E-state index contributed by atoms with van der Waals surface area (Å²) in [4.78, 5) is 29.1. The fourth-order valence-corrected chi connectivity index (χ4v) is 2.63. The summed E-state index contributed by atoms with van der Waals surface area (Å²) in [7, 11) is 0. The Morgan fingerprint density at radius 1 is 1.47 bits per heavy atom. The molecule has 0 radical (unpaired) electrons. The number of amides is 1. The minimum atomic E-state index is -1.17. The normalized spacial score (nSPS) is 23.0. The van der Waals surface area contributed by atoms with Gasteiger partial charge in [-0.15, -0.1) is 0 Å². The molecule has 0 aliphatic heterocycles. The third kappa shape index (κ3) is 3.13. The lowest BCUT2D eigenvalue weighted by molar-refractivity contribution is 0.0684. The first-order valence-electron chi connectivity index (χ1n) is 6.64. The molecule has 2 atom stereocenters. The molecule has 3 N–H and O–H groups in total. The van der Waals surface area contributed by atoms with Gasteiger partial charge in [-0.1, -0.05) is 26.2 Å². The topological polar surface area (TPSA) is 95.1 Å². The molecule has 6 heteroatoms. The largest absolute Gasteiger partial charge is 0.477 e. The number of carboxylic acid groups (broad SMARTS) is 1. The van der Waals surface area contributed by atoms with Crippen LogP contribution >= 0.6 is 0 Å². The van der Waals surface area contributed by atoms with Gasteiger partial charge in [0.2, 0.25) is 0 Å². The zero-order chi connectivity index (χ0) is 13.8. The summed E-state index contributed by atoms with van der Waals surface area (Å²) in [6.07, 6.45) is 6.00. The van der Waals surface area contributed by atoms with E-state index >= 15 is 0 Å².